The van der Waals surface area contributed by atoms with Crippen LogP contribution in [0.2, 0.25) is 0 Å². The van der Waals surface area contributed by atoms with E-state index in [2.05, 4.69) is 82.7 Å². The van der Waals surface area contributed by atoms with Gasteiger partial charge in [-0.15, -0.1) is 0 Å². The monoisotopic (exact) mass is 771 g/mol. The van der Waals surface area contributed by atoms with Crippen molar-refractivity contribution in [3.8, 4) is 5.75 Å². The molecule has 0 aliphatic carbocycles. The van der Waals surface area contributed by atoms with E-state index in [0.717, 1.165) is 58.3 Å². The summed E-state index contributed by atoms with van der Waals surface area (Å²) in [5.74, 6) is 0.836. The maximum Gasteiger partial charge on any atom is 0.348 e. The van der Waals surface area contributed by atoms with E-state index in [9.17, 15) is 9.59 Å². The highest BCUT2D eigenvalue weighted by atomic mass is 127. The molecule has 3 aromatic rings. The van der Waals surface area contributed by atoms with Crippen molar-refractivity contribution in [2.45, 2.75) is 51.1 Å². The number of nitrogens with one attached hydrogen (secondary N) is 2. The van der Waals surface area contributed by atoms with Crippen molar-refractivity contribution in [1.82, 2.24) is 14.8 Å². The number of hydrogen-bond donors (Lipinski definition) is 2. The van der Waals surface area contributed by atoms with Gasteiger partial charge in [0, 0.05) is 18.3 Å². The Morgan fingerprint density at radius 3 is 2.55 bits per heavy atom. The van der Waals surface area contributed by atoms with Crippen LogP contribution in [-0.2, 0) is 11.2 Å². The Kier molecular flexibility index (Phi) is 9.52. The molecule has 0 spiro atoms. The normalized spacial score (nSPS) is 18.8. The molecular formula is C29H35I2N5O4. The van der Waals surface area contributed by atoms with Crippen LogP contribution in [0.4, 0.5) is 11.7 Å². The number of aromatic nitrogens is 1. The number of nitrogens with zero attached hydrogens (tertiary/aromatic N) is 3. The zero-order chi connectivity index (χ0) is 28.4. The maximum atomic E-state index is 13.2. The van der Waals surface area contributed by atoms with E-state index in [1.807, 2.05) is 20.0 Å². The topological polar surface area (TPSA) is 99.9 Å². The second-order valence-electron chi connectivity index (χ2n) is 10.7. The van der Waals surface area contributed by atoms with Gasteiger partial charge in [-0.25, -0.2) is 4.79 Å². The van der Waals surface area contributed by atoms with Gasteiger partial charge in [0.05, 0.1) is 31.2 Å². The number of halogens is 2. The lowest BCUT2D eigenvalue weighted by Crippen LogP contribution is -2.37. The molecule has 0 radical (unpaired) electrons. The molecule has 0 unspecified atom stereocenters. The Balaban J connectivity index is 1.39. The van der Waals surface area contributed by atoms with Gasteiger partial charge in [0.15, 0.2) is 0 Å². The number of likely N-dealkylation sites (N-methyl/N-ethyl adjacent to an activating group) is 1. The van der Waals surface area contributed by atoms with E-state index in [0.29, 0.717) is 22.2 Å². The highest BCUT2D eigenvalue weighted by molar-refractivity contribution is 14.1. The van der Waals surface area contributed by atoms with Crippen LogP contribution >= 0.6 is 45.2 Å². The summed E-state index contributed by atoms with van der Waals surface area (Å²) in [6.07, 6.45) is 4.98. The molecule has 2 atom stereocenters. The van der Waals surface area contributed by atoms with Gasteiger partial charge >= 0.3 is 5.63 Å². The lowest BCUT2D eigenvalue weighted by Gasteiger charge is -2.25. The Labute approximate surface area is 261 Å². The summed E-state index contributed by atoms with van der Waals surface area (Å²) >= 11 is 4.62. The van der Waals surface area contributed by atoms with Crippen molar-refractivity contribution in [3.05, 3.63) is 53.0 Å². The van der Waals surface area contributed by atoms with E-state index < -0.39 is 5.63 Å². The fraction of sp³-hybridized carbons (Fsp3) is 0.483. The SMILES string of the molecule is COc1c(I)cc(C[C@@H](CN2CCCC2)Nc2nc3ccc(NC(=O)[C@@H]4CCCN4C)c(C)c3c(=O)o2)cc1I. The molecule has 2 fully saturated rings. The molecule has 1 amide bonds. The fourth-order valence-corrected chi connectivity index (χ4v) is 8.13. The Bertz CT molecular complexity index is 1430. The van der Waals surface area contributed by atoms with Crippen LogP contribution in [0.3, 0.4) is 0 Å². The predicted molar refractivity (Wildman–Crippen MR) is 175 cm³/mol. The van der Waals surface area contributed by atoms with Crippen LogP contribution in [0.25, 0.3) is 10.9 Å². The maximum absolute atomic E-state index is 13.2. The van der Waals surface area contributed by atoms with Gasteiger partial charge in [0.2, 0.25) is 5.91 Å². The Morgan fingerprint density at radius 1 is 1.18 bits per heavy atom. The first-order valence-corrected chi connectivity index (χ1v) is 15.9. The minimum Gasteiger partial charge on any atom is -0.495 e. The van der Waals surface area contributed by atoms with Crippen molar-refractivity contribution in [2.24, 2.45) is 0 Å². The Hall–Kier alpha value is -1.97. The van der Waals surface area contributed by atoms with Crippen LogP contribution < -0.4 is 21.0 Å². The van der Waals surface area contributed by atoms with Crippen molar-refractivity contribution >= 4 is 73.7 Å². The van der Waals surface area contributed by atoms with E-state index in [-0.39, 0.29) is 24.0 Å². The summed E-state index contributed by atoms with van der Waals surface area (Å²) in [5.41, 5.74) is 2.53. The van der Waals surface area contributed by atoms with Crippen molar-refractivity contribution in [3.63, 3.8) is 0 Å². The first-order chi connectivity index (χ1) is 19.2. The average Bonchev–Trinajstić information content (AvgIpc) is 3.57. The first kappa shape index (κ1) is 29.5. The molecule has 40 heavy (non-hydrogen) atoms. The summed E-state index contributed by atoms with van der Waals surface area (Å²) < 4.78 is 13.4. The second kappa shape index (κ2) is 12.9. The number of likely N-dealkylation sites (tertiary alicyclic amines) is 2. The van der Waals surface area contributed by atoms with Gasteiger partial charge < -0.3 is 24.7 Å². The van der Waals surface area contributed by atoms with Crippen LogP contribution in [0.15, 0.2) is 33.5 Å². The zero-order valence-electron chi connectivity index (χ0n) is 23.1. The number of ether oxygens (including phenoxy) is 1. The summed E-state index contributed by atoms with van der Waals surface area (Å²) in [7, 11) is 3.65. The molecule has 0 bridgehead atoms. The van der Waals surface area contributed by atoms with Gasteiger partial charge in [-0.1, -0.05) is 0 Å². The third kappa shape index (κ3) is 6.57. The molecule has 9 nitrogen and oxygen atoms in total. The third-order valence-corrected chi connectivity index (χ3v) is 9.49. The number of benzene rings is 2. The fourth-order valence-electron chi connectivity index (χ4n) is 5.80. The largest absolute Gasteiger partial charge is 0.495 e. The van der Waals surface area contributed by atoms with E-state index in [4.69, 9.17) is 9.15 Å². The van der Waals surface area contributed by atoms with E-state index in [1.54, 1.807) is 13.2 Å². The number of fused-ring (bicyclic) bond motifs is 1. The summed E-state index contributed by atoms with van der Waals surface area (Å²) in [4.78, 5) is 35.3. The van der Waals surface area contributed by atoms with Crippen LogP contribution in [0.1, 0.15) is 36.8 Å². The van der Waals surface area contributed by atoms with Crippen LogP contribution in [0.5, 0.6) is 5.75 Å². The molecule has 2 aliphatic heterocycles. The van der Waals surface area contributed by atoms with Crippen molar-refractivity contribution in [1.29, 1.82) is 0 Å². The van der Waals surface area contributed by atoms with E-state index in [1.165, 1.54) is 18.4 Å². The minimum atomic E-state index is -0.465. The molecule has 11 heteroatoms. The molecule has 2 N–H and O–H groups in total. The van der Waals surface area contributed by atoms with Crippen molar-refractivity contribution in [2.75, 3.05) is 51.0 Å². The van der Waals surface area contributed by atoms with Gasteiger partial charge in [-0.2, -0.15) is 4.98 Å². The third-order valence-electron chi connectivity index (χ3n) is 7.89. The number of methoxy groups -OCH3 is 1. The second-order valence-corrected chi connectivity index (χ2v) is 13.0. The molecule has 0 saturated carbocycles. The first-order valence-electron chi connectivity index (χ1n) is 13.7. The molecular weight excluding hydrogens is 736 g/mol. The molecule has 214 valence electrons. The zero-order valence-corrected chi connectivity index (χ0v) is 27.4. The lowest BCUT2D eigenvalue weighted by atomic mass is 10.1. The highest BCUT2D eigenvalue weighted by Crippen LogP contribution is 2.30. The molecule has 1 aromatic heterocycles. The van der Waals surface area contributed by atoms with Crippen LogP contribution in [0, 0.1) is 14.1 Å². The minimum absolute atomic E-state index is 0.00532. The molecule has 5 rings (SSSR count). The van der Waals surface area contributed by atoms with Crippen LogP contribution in [-0.4, -0.2) is 73.1 Å². The molecule has 3 heterocycles. The summed E-state index contributed by atoms with van der Waals surface area (Å²) in [5, 5.41) is 6.83. The summed E-state index contributed by atoms with van der Waals surface area (Å²) in [6, 6.07) is 7.95. The molecule has 2 aliphatic rings. The number of rotatable bonds is 9. The average molecular weight is 771 g/mol. The number of carbonyl (C=O) groups excluding carboxylic acids is 1. The van der Waals surface area contributed by atoms with Crippen molar-refractivity contribution < 1.29 is 13.9 Å². The standard InChI is InChI=1S/C29H35I2N5O4/c1-17-22(33-27(37)24-7-6-10-35(24)2)8-9-23-25(17)28(38)40-29(34-23)32-19(16-36-11-4-5-12-36)13-18-14-20(30)26(39-3)21(31)15-18/h8-9,14-15,19,24H,4-7,10-13,16H2,1-3H3,(H,32,34)(H,33,37)/t19-,24-/m0/s1. The van der Waals surface area contributed by atoms with Gasteiger partial charge in [-0.3, -0.25) is 9.69 Å². The summed E-state index contributed by atoms with van der Waals surface area (Å²) in [6.45, 7) is 5.69. The number of carbonyl (C=O) groups is 1. The molecule has 2 saturated heterocycles. The Morgan fingerprint density at radius 2 is 1.90 bits per heavy atom. The van der Waals surface area contributed by atoms with Gasteiger partial charge in [0.1, 0.15) is 5.75 Å². The lowest BCUT2D eigenvalue weighted by molar-refractivity contribution is -0.119. The highest BCUT2D eigenvalue weighted by Gasteiger charge is 2.28. The molecule has 2 aromatic carbocycles. The quantitative estimate of drug-likeness (QED) is 0.298. The van der Waals surface area contributed by atoms with E-state index >= 15 is 0 Å². The van der Waals surface area contributed by atoms with Gasteiger partial charge in [-0.05, 0) is 146 Å². The number of hydrogen-bond acceptors (Lipinski definition) is 8. The number of amides is 1. The predicted octanol–water partition coefficient (Wildman–Crippen LogP) is 4.87. The number of aryl methyl sites for hydroxylation is 1. The van der Waals surface area contributed by atoms with Gasteiger partial charge in [0.25, 0.3) is 6.01 Å². The smallest absolute Gasteiger partial charge is 0.348 e. The number of anilines is 2.